The number of benzene rings is 1. The quantitative estimate of drug-likeness (QED) is 0.702. The summed E-state index contributed by atoms with van der Waals surface area (Å²) in [7, 11) is 1.62. The highest BCUT2D eigenvalue weighted by Crippen LogP contribution is 2.49. The molecule has 3 saturated heterocycles. The molecular formula is C20H23F2N5O3. The maximum absolute atomic E-state index is 14.4. The summed E-state index contributed by atoms with van der Waals surface area (Å²) >= 11 is 0. The van der Waals surface area contributed by atoms with E-state index in [9.17, 15) is 23.2 Å². The van der Waals surface area contributed by atoms with Crippen LogP contribution in [0.25, 0.3) is 11.0 Å². The first-order chi connectivity index (χ1) is 14.2. The Labute approximate surface area is 170 Å². The minimum atomic E-state index is -2.74. The van der Waals surface area contributed by atoms with Gasteiger partial charge in [-0.15, -0.1) is 0 Å². The Morgan fingerprint density at radius 2 is 1.90 bits per heavy atom. The van der Waals surface area contributed by atoms with E-state index in [1.165, 1.54) is 9.13 Å². The van der Waals surface area contributed by atoms with Crippen molar-refractivity contribution in [2.45, 2.75) is 31.2 Å². The van der Waals surface area contributed by atoms with Gasteiger partial charge in [0.05, 0.1) is 23.0 Å². The summed E-state index contributed by atoms with van der Waals surface area (Å²) in [5.74, 6) is -3.57. The number of carbonyl (C=O) groups excluding carboxylic acids is 2. The molecule has 1 unspecified atom stereocenters. The average Bonchev–Trinajstić information content (AvgIpc) is 2.91. The molecule has 2 N–H and O–H groups in total. The minimum absolute atomic E-state index is 0.177. The lowest BCUT2D eigenvalue weighted by molar-refractivity contribution is -0.151. The van der Waals surface area contributed by atoms with Crippen LogP contribution in [0.15, 0.2) is 23.0 Å². The molecule has 0 radical (unpaired) electrons. The van der Waals surface area contributed by atoms with Crippen LogP contribution in [0.5, 0.6) is 0 Å². The van der Waals surface area contributed by atoms with Crippen LogP contribution in [-0.2, 0) is 16.6 Å². The summed E-state index contributed by atoms with van der Waals surface area (Å²) in [5.41, 5.74) is 0.640. The average molecular weight is 419 g/mol. The number of piperidine rings is 2. The number of hydrogen-bond acceptors (Lipinski definition) is 5. The molecule has 4 heterocycles. The highest BCUT2D eigenvalue weighted by atomic mass is 19.3. The second-order valence-electron chi connectivity index (χ2n) is 8.62. The summed E-state index contributed by atoms with van der Waals surface area (Å²) in [6.07, 6.45) is 0.878. The van der Waals surface area contributed by atoms with Crippen LogP contribution in [0.2, 0.25) is 0 Å². The van der Waals surface area contributed by atoms with Crippen molar-refractivity contribution in [2.24, 2.45) is 12.5 Å². The summed E-state index contributed by atoms with van der Waals surface area (Å²) in [6.45, 7) is 0.846. The third kappa shape index (κ3) is 2.62. The maximum Gasteiger partial charge on any atom is 0.329 e. The van der Waals surface area contributed by atoms with Gasteiger partial charge in [-0.2, -0.15) is 0 Å². The molecule has 0 saturated carbocycles. The Morgan fingerprint density at radius 1 is 1.13 bits per heavy atom. The van der Waals surface area contributed by atoms with Crippen molar-refractivity contribution in [1.29, 1.82) is 0 Å². The fraction of sp³-hybridized carbons (Fsp3) is 0.550. The first kappa shape index (κ1) is 19.2. The lowest BCUT2D eigenvalue weighted by atomic mass is 9.69. The lowest BCUT2D eigenvalue weighted by Gasteiger charge is -2.56. The number of alkyl halides is 2. The summed E-state index contributed by atoms with van der Waals surface area (Å²) < 4.78 is 31.7. The predicted molar refractivity (Wildman–Crippen MR) is 106 cm³/mol. The van der Waals surface area contributed by atoms with Crippen molar-refractivity contribution < 1.29 is 18.4 Å². The molecule has 8 nitrogen and oxygen atoms in total. The van der Waals surface area contributed by atoms with E-state index >= 15 is 0 Å². The van der Waals surface area contributed by atoms with Gasteiger partial charge in [-0.05, 0) is 37.6 Å². The molecular weight excluding hydrogens is 396 g/mol. The Bertz CT molecular complexity index is 1120. The molecule has 2 amide bonds. The number of hydrogen-bond donors (Lipinski definition) is 2. The molecule has 0 aliphatic carbocycles. The highest BCUT2D eigenvalue weighted by molar-refractivity contribution is 6.00. The number of nitrogens with one attached hydrogen (secondary N) is 2. The van der Waals surface area contributed by atoms with Crippen molar-refractivity contribution in [1.82, 2.24) is 19.8 Å². The zero-order chi connectivity index (χ0) is 21.3. The van der Waals surface area contributed by atoms with Crippen molar-refractivity contribution in [3.8, 4) is 0 Å². The minimum Gasteiger partial charge on any atom is -0.370 e. The van der Waals surface area contributed by atoms with E-state index in [-0.39, 0.29) is 44.1 Å². The Hall–Kier alpha value is -2.75. The van der Waals surface area contributed by atoms with Gasteiger partial charge in [-0.3, -0.25) is 24.0 Å². The van der Waals surface area contributed by atoms with Crippen LogP contribution in [-0.4, -0.2) is 53.1 Å². The molecule has 1 atom stereocenters. The van der Waals surface area contributed by atoms with E-state index in [0.29, 0.717) is 24.0 Å². The van der Waals surface area contributed by atoms with Crippen LogP contribution in [0.3, 0.4) is 0 Å². The first-order valence-electron chi connectivity index (χ1n) is 10.1. The number of carbonyl (C=O) groups is 2. The largest absolute Gasteiger partial charge is 0.370 e. The Kier molecular flexibility index (Phi) is 4.08. The highest BCUT2D eigenvalue weighted by Gasteiger charge is 2.61. The van der Waals surface area contributed by atoms with E-state index in [0.717, 1.165) is 5.69 Å². The predicted octanol–water partition coefficient (Wildman–Crippen LogP) is 0.753. The van der Waals surface area contributed by atoms with Gasteiger partial charge >= 0.3 is 5.69 Å². The Morgan fingerprint density at radius 3 is 2.60 bits per heavy atom. The molecule has 3 aliphatic heterocycles. The number of imide groups is 1. The second kappa shape index (κ2) is 6.37. The van der Waals surface area contributed by atoms with E-state index in [4.69, 9.17) is 0 Å². The monoisotopic (exact) mass is 419 g/mol. The van der Waals surface area contributed by atoms with E-state index < -0.39 is 23.3 Å². The molecule has 3 aliphatic rings. The summed E-state index contributed by atoms with van der Waals surface area (Å²) in [4.78, 5) is 38.5. The van der Waals surface area contributed by atoms with Gasteiger partial charge < -0.3 is 10.2 Å². The summed E-state index contributed by atoms with van der Waals surface area (Å²) in [5, 5.41) is 5.05. The van der Waals surface area contributed by atoms with Crippen molar-refractivity contribution >= 4 is 28.5 Å². The van der Waals surface area contributed by atoms with Gasteiger partial charge in [-0.25, -0.2) is 13.6 Å². The third-order valence-corrected chi connectivity index (χ3v) is 6.85. The number of aryl methyl sites for hydroxylation is 1. The standard InChI is InChI=1S/C20H23F2N5O3/c1-25-15-8-12(26-10-19(11-26)6-7-23-9-20(19,21)22)2-3-13(15)27(18(25)30)14-4-5-16(28)24-17(14)29/h2-3,8,14,23H,4-7,9-11H2,1H3,(H,24,28,29). The van der Waals surface area contributed by atoms with Crippen molar-refractivity contribution in [2.75, 3.05) is 31.1 Å². The second-order valence-corrected chi connectivity index (χ2v) is 8.62. The third-order valence-electron chi connectivity index (χ3n) is 6.85. The van der Waals surface area contributed by atoms with Crippen LogP contribution in [0.1, 0.15) is 25.3 Å². The van der Waals surface area contributed by atoms with Gasteiger partial charge in [0.2, 0.25) is 11.8 Å². The number of aromatic nitrogens is 2. The van der Waals surface area contributed by atoms with E-state index in [2.05, 4.69) is 10.6 Å². The van der Waals surface area contributed by atoms with Gasteiger partial charge in [0.15, 0.2) is 0 Å². The molecule has 5 rings (SSSR count). The summed E-state index contributed by atoms with van der Waals surface area (Å²) in [6, 6.07) is 4.62. The number of amides is 2. The van der Waals surface area contributed by atoms with E-state index in [1.54, 1.807) is 19.2 Å². The van der Waals surface area contributed by atoms with Gasteiger partial charge in [0.25, 0.3) is 5.92 Å². The normalized spacial score (nSPS) is 25.4. The number of rotatable bonds is 2. The first-order valence-corrected chi connectivity index (χ1v) is 10.1. The number of nitrogens with zero attached hydrogens (tertiary/aromatic N) is 3. The molecule has 1 aromatic carbocycles. The maximum atomic E-state index is 14.4. The fourth-order valence-electron chi connectivity index (χ4n) is 4.98. The number of fused-ring (bicyclic) bond motifs is 1. The number of halogens is 2. The fourth-order valence-corrected chi connectivity index (χ4v) is 4.98. The molecule has 3 fully saturated rings. The van der Waals surface area contributed by atoms with Crippen LogP contribution in [0, 0.1) is 5.41 Å². The molecule has 2 aromatic rings. The molecule has 0 bridgehead atoms. The van der Waals surface area contributed by atoms with Gasteiger partial charge in [0.1, 0.15) is 6.04 Å². The van der Waals surface area contributed by atoms with Gasteiger partial charge in [-0.1, -0.05) is 0 Å². The van der Waals surface area contributed by atoms with Crippen molar-refractivity contribution in [3.63, 3.8) is 0 Å². The molecule has 1 spiro atoms. The Balaban J connectivity index is 1.47. The topological polar surface area (TPSA) is 88.4 Å². The number of imidazole rings is 1. The SMILES string of the molecule is Cn1c(=O)n(C2CCC(=O)NC2=O)c2ccc(N3CC4(CCNCC4(F)F)C3)cc21. The molecule has 160 valence electrons. The molecule has 1 aromatic heterocycles. The van der Waals surface area contributed by atoms with Crippen LogP contribution in [0.4, 0.5) is 14.5 Å². The molecule has 10 heteroatoms. The van der Waals surface area contributed by atoms with Crippen LogP contribution < -0.4 is 21.2 Å². The van der Waals surface area contributed by atoms with Crippen LogP contribution >= 0.6 is 0 Å². The zero-order valence-corrected chi connectivity index (χ0v) is 16.6. The van der Waals surface area contributed by atoms with Gasteiger partial charge in [0, 0.05) is 32.2 Å². The van der Waals surface area contributed by atoms with Crippen molar-refractivity contribution in [3.05, 3.63) is 28.7 Å². The zero-order valence-electron chi connectivity index (χ0n) is 16.6. The lowest BCUT2D eigenvalue weighted by Crippen LogP contribution is -2.70. The smallest absolute Gasteiger partial charge is 0.329 e. The molecule has 30 heavy (non-hydrogen) atoms. The number of anilines is 1. The van der Waals surface area contributed by atoms with E-state index in [1.807, 2.05) is 11.0 Å².